The second-order valence-electron chi connectivity index (χ2n) is 24.5. The molecule has 548 valence electrons. The van der Waals surface area contributed by atoms with Crippen molar-refractivity contribution in [2.75, 3.05) is 92.4 Å². The maximum Gasteiger partial charge on any atom is 0.222 e. The molecular formula is C62H108N6O27. The van der Waals surface area contributed by atoms with Gasteiger partial charge in [-0.05, 0) is 38.5 Å². The molecule has 3 heterocycles. The lowest BCUT2D eigenvalue weighted by Crippen LogP contribution is -2.64. The lowest BCUT2D eigenvalue weighted by Gasteiger charge is -2.42. The first-order chi connectivity index (χ1) is 45.2. The van der Waals surface area contributed by atoms with E-state index >= 15 is 0 Å². The Bertz CT molecular complexity index is 2070. The number of ether oxygens (including phenoxy) is 9. The van der Waals surface area contributed by atoms with Gasteiger partial charge in [-0.25, -0.2) is 0 Å². The van der Waals surface area contributed by atoms with E-state index in [1.54, 1.807) is 0 Å². The molecule has 0 aromatic heterocycles. The molecule has 16 atom stereocenters. The van der Waals surface area contributed by atoms with Crippen LogP contribution < -0.4 is 31.9 Å². The van der Waals surface area contributed by atoms with Gasteiger partial charge < -0.3 is 120 Å². The highest BCUT2D eigenvalue weighted by Crippen LogP contribution is 2.26. The zero-order valence-electron chi connectivity index (χ0n) is 55.5. The standard InChI is InChI=1S/C62H108N6O27/c1-37(2)68-62(34-87-25-17-41(75)13-7-6-8-14-43(77)19-28-90-59-50(65-38(3)72)56(84)53(81)45(31-69)93-59,35-88-26-18-42(76)15-9-11-24-64-49(80)22-30-92-61-52(67-40(5)74)58(86)55(83)47(33-71)95-61)36-89-27-21-48(79)63-23-12-10-16-44(78)20-29-91-60-51(66-39(4)73)57(85)54(82)46(32-70)94-60/h37,45-47,50-61,68-71,81-86H,6-36H2,1-5H3,(H,63,79)(H,64,80)(H,65,72)(H,66,73)(H,67,74)/t45?,46?,47?,50?,51?,52?,53-,54-,55-,56+,57+,58+,59+,60+,61+,62?/m0/s1. The molecule has 3 fully saturated rings. The van der Waals surface area contributed by atoms with Crippen molar-refractivity contribution in [2.24, 2.45) is 0 Å². The summed E-state index contributed by atoms with van der Waals surface area (Å²) in [7, 11) is 0. The fraction of sp³-hybridized carbons (Fsp3) is 0.855. The van der Waals surface area contributed by atoms with Crippen LogP contribution in [0.4, 0.5) is 0 Å². The minimum Gasteiger partial charge on any atom is -0.394 e. The second-order valence-corrected chi connectivity index (χ2v) is 24.5. The van der Waals surface area contributed by atoms with Gasteiger partial charge in [-0.3, -0.25) is 43.2 Å². The van der Waals surface area contributed by atoms with E-state index in [1.165, 1.54) is 20.8 Å². The van der Waals surface area contributed by atoms with Crippen LogP contribution in [0.2, 0.25) is 0 Å². The predicted octanol–water partition coefficient (Wildman–Crippen LogP) is -4.21. The van der Waals surface area contributed by atoms with Crippen LogP contribution in [0.25, 0.3) is 0 Å². The van der Waals surface area contributed by atoms with Crippen LogP contribution in [0.3, 0.4) is 0 Å². The summed E-state index contributed by atoms with van der Waals surface area (Å²) < 4.78 is 51.7. The first-order valence-corrected chi connectivity index (χ1v) is 32.9. The van der Waals surface area contributed by atoms with Crippen molar-refractivity contribution in [2.45, 2.75) is 247 Å². The minimum absolute atomic E-state index is 0.00185. The van der Waals surface area contributed by atoms with Gasteiger partial charge in [-0.15, -0.1) is 0 Å². The van der Waals surface area contributed by atoms with E-state index < -0.39 is 135 Å². The highest BCUT2D eigenvalue weighted by Gasteiger charge is 2.48. The van der Waals surface area contributed by atoms with Crippen LogP contribution >= 0.6 is 0 Å². The summed E-state index contributed by atoms with van der Waals surface area (Å²) in [6, 6.07) is -3.54. The van der Waals surface area contributed by atoms with Crippen molar-refractivity contribution in [1.82, 2.24) is 31.9 Å². The van der Waals surface area contributed by atoms with Gasteiger partial charge in [-0.1, -0.05) is 20.3 Å². The quantitative estimate of drug-likeness (QED) is 0.0257. The lowest BCUT2D eigenvalue weighted by atomic mass is 9.97. The molecule has 33 heteroatoms. The van der Waals surface area contributed by atoms with Gasteiger partial charge in [0.05, 0.1) is 91.2 Å². The summed E-state index contributed by atoms with van der Waals surface area (Å²) >= 11 is 0. The molecule has 3 rings (SSSR count). The molecule has 0 radical (unpaired) electrons. The zero-order chi connectivity index (χ0) is 70.5. The van der Waals surface area contributed by atoms with Crippen molar-refractivity contribution in [3.05, 3.63) is 0 Å². The third kappa shape index (κ3) is 32.7. The Balaban J connectivity index is 1.44. The Hall–Kier alpha value is -4.73. The molecule has 0 saturated carbocycles. The van der Waals surface area contributed by atoms with Crippen LogP contribution in [-0.2, 0) is 85.8 Å². The number of carbonyl (C=O) groups excluding carboxylic acids is 9. The highest BCUT2D eigenvalue weighted by molar-refractivity contribution is 5.80. The molecule has 95 heavy (non-hydrogen) atoms. The van der Waals surface area contributed by atoms with Gasteiger partial charge in [0, 0.05) is 97.7 Å². The fourth-order valence-corrected chi connectivity index (χ4v) is 10.7. The van der Waals surface area contributed by atoms with Gasteiger partial charge in [0.2, 0.25) is 29.5 Å². The number of hydrogen-bond donors (Lipinski definition) is 15. The molecule has 3 saturated heterocycles. The van der Waals surface area contributed by atoms with E-state index in [2.05, 4.69) is 31.9 Å². The minimum atomic E-state index is -1.50. The molecule has 3 aliphatic rings. The second kappa shape index (κ2) is 46.5. The van der Waals surface area contributed by atoms with Crippen LogP contribution in [-0.4, -0.2) is 295 Å². The monoisotopic (exact) mass is 1370 g/mol. The molecule has 0 aromatic rings. The molecule has 0 aromatic carbocycles. The molecule has 0 spiro atoms. The predicted molar refractivity (Wildman–Crippen MR) is 332 cm³/mol. The topological polar surface area (TPSA) is 491 Å². The van der Waals surface area contributed by atoms with E-state index in [0.29, 0.717) is 44.9 Å². The number of rotatable bonds is 51. The molecule has 0 bridgehead atoms. The van der Waals surface area contributed by atoms with Crippen LogP contribution in [0.1, 0.15) is 144 Å². The number of unbranched alkanes of at least 4 members (excludes halogenated alkanes) is 4. The van der Waals surface area contributed by atoms with Crippen molar-refractivity contribution in [3.63, 3.8) is 0 Å². The first kappa shape index (κ1) is 84.5. The summed E-state index contributed by atoms with van der Waals surface area (Å²) in [4.78, 5) is 112. The van der Waals surface area contributed by atoms with Crippen molar-refractivity contribution in [1.29, 1.82) is 0 Å². The molecular weight excluding hydrogens is 1260 g/mol. The molecule has 5 amide bonds. The van der Waals surface area contributed by atoms with E-state index in [4.69, 9.17) is 42.6 Å². The molecule has 0 aliphatic carbocycles. The Morgan fingerprint density at radius 3 is 0.979 bits per heavy atom. The van der Waals surface area contributed by atoms with E-state index in [1.807, 2.05) is 13.8 Å². The third-order valence-electron chi connectivity index (χ3n) is 15.8. The number of Topliss-reactive ketones (excluding diaryl/α,β-unsaturated/α-hetero) is 4. The number of aliphatic hydroxyl groups excluding tert-OH is 9. The summed E-state index contributed by atoms with van der Waals surface area (Å²) in [6.07, 6.45) is -11.6. The zero-order valence-corrected chi connectivity index (χ0v) is 55.5. The SMILES string of the molecule is CC(=O)NC1[C@H](OCCC(=O)CCCCCC(=O)CCOCC(COCCC(=O)CCCCNC(=O)CCO[C@@H]2OC(CO)[C@H](O)[C@H](O)C2NC(C)=O)(COCCC(=O)NCCCCC(=O)CCO[C@@H]2OC(CO)[C@H](O)[C@H](O)C2NC(C)=O)NC(C)C)OC(CO)[C@H](O)[C@@H]1O. The van der Waals surface area contributed by atoms with Gasteiger partial charge in [0.15, 0.2) is 18.9 Å². The van der Waals surface area contributed by atoms with Crippen LogP contribution in [0, 0.1) is 0 Å². The summed E-state index contributed by atoms with van der Waals surface area (Å²) in [6.45, 7) is 5.94. The first-order valence-electron chi connectivity index (χ1n) is 32.9. The molecule has 15 N–H and O–H groups in total. The van der Waals surface area contributed by atoms with Gasteiger partial charge >= 0.3 is 0 Å². The van der Waals surface area contributed by atoms with Gasteiger partial charge in [0.1, 0.15) is 96.2 Å². The number of ketones is 4. The average Bonchev–Trinajstić information content (AvgIpc) is 0.831. The normalized spacial score (nSPS) is 26.7. The Morgan fingerprint density at radius 2 is 0.674 bits per heavy atom. The fourth-order valence-electron chi connectivity index (χ4n) is 10.7. The van der Waals surface area contributed by atoms with Crippen molar-refractivity contribution in [3.8, 4) is 0 Å². The summed E-state index contributed by atoms with van der Waals surface area (Å²) in [5, 5.41) is 107. The summed E-state index contributed by atoms with van der Waals surface area (Å²) in [5.41, 5.74) is -0.998. The van der Waals surface area contributed by atoms with Crippen molar-refractivity contribution >= 4 is 52.7 Å². The average molecular weight is 1370 g/mol. The number of amides is 5. The Morgan fingerprint density at radius 1 is 0.389 bits per heavy atom. The lowest BCUT2D eigenvalue weighted by molar-refractivity contribution is -0.270. The highest BCUT2D eigenvalue weighted by atomic mass is 16.7. The summed E-state index contributed by atoms with van der Waals surface area (Å²) in [5.74, 6) is -2.59. The number of aliphatic hydroxyl groups is 9. The maximum atomic E-state index is 13.0. The van der Waals surface area contributed by atoms with Gasteiger partial charge in [-0.2, -0.15) is 0 Å². The maximum absolute atomic E-state index is 13.0. The van der Waals surface area contributed by atoms with Crippen molar-refractivity contribution < 1.29 is 132 Å². The number of nitrogens with one attached hydrogen (secondary N) is 6. The van der Waals surface area contributed by atoms with E-state index in [0.717, 1.165) is 0 Å². The van der Waals surface area contributed by atoms with Crippen LogP contribution in [0.5, 0.6) is 0 Å². The largest absolute Gasteiger partial charge is 0.394 e. The molecule has 3 aliphatic heterocycles. The van der Waals surface area contributed by atoms with E-state index in [9.17, 15) is 89.1 Å². The third-order valence-corrected chi connectivity index (χ3v) is 15.8. The molecule has 7 unspecified atom stereocenters. The van der Waals surface area contributed by atoms with E-state index in [-0.39, 0.29) is 178 Å². The number of carbonyl (C=O) groups is 9. The van der Waals surface area contributed by atoms with Crippen LogP contribution in [0.15, 0.2) is 0 Å². The van der Waals surface area contributed by atoms with Gasteiger partial charge in [0.25, 0.3) is 0 Å². The Labute approximate surface area is 554 Å². The Kier molecular flexibility index (Phi) is 41.4. The number of hydrogen-bond acceptors (Lipinski definition) is 28. The molecule has 33 nitrogen and oxygen atoms in total. The smallest absolute Gasteiger partial charge is 0.222 e.